The zero-order valence-electron chi connectivity index (χ0n) is 19.9. The molecule has 0 bridgehead atoms. The SMILES string of the molecule is COc1cccc(C2NC(=S)N(Cc3ccccc3)C(C)=C2c2nc(-c3cccc(C)c3)no2)c1. The van der Waals surface area contributed by atoms with Gasteiger partial charge in [0.2, 0.25) is 5.82 Å². The lowest BCUT2D eigenvalue weighted by Crippen LogP contribution is -2.45. The Bertz CT molecular complexity index is 1400. The summed E-state index contributed by atoms with van der Waals surface area (Å²) in [6, 6.07) is 26.0. The Balaban J connectivity index is 1.61. The first kappa shape index (κ1) is 22.8. The summed E-state index contributed by atoms with van der Waals surface area (Å²) in [6.07, 6.45) is 0. The molecule has 0 spiro atoms. The number of ether oxygens (including phenoxy) is 1. The van der Waals surface area contributed by atoms with Crippen molar-refractivity contribution in [1.82, 2.24) is 20.4 Å². The summed E-state index contributed by atoms with van der Waals surface area (Å²) in [5, 5.41) is 8.45. The maximum Gasteiger partial charge on any atom is 0.258 e. The van der Waals surface area contributed by atoms with Crippen molar-refractivity contribution < 1.29 is 9.26 Å². The molecule has 1 unspecified atom stereocenters. The molecule has 2 heterocycles. The lowest BCUT2D eigenvalue weighted by molar-refractivity contribution is 0.395. The fraction of sp³-hybridized carbons (Fsp3) is 0.179. The number of rotatable bonds is 6. The summed E-state index contributed by atoms with van der Waals surface area (Å²) < 4.78 is 11.3. The molecule has 35 heavy (non-hydrogen) atoms. The van der Waals surface area contributed by atoms with E-state index in [4.69, 9.17) is 26.5 Å². The van der Waals surface area contributed by atoms with Gasteiger partial charge in [0.15, 0.2) is 5.11 Å². The number of thiocarbonyl (C=S) groups is 1. The molecule has 3 aromatic carbocycles. The summed E-state index contributed by atoms with van der Waals surface area (Å²) in [6.45, 7) is 4.73. The van der Waals surface area contributed by atoms with E-state index in [-0.39, 0.29) is 6.04 Å². The van der Waals surface area contributed by atoms with Gasteiger partial charge in [-0.2, -0.15) is 4.98 Å². The molecule has 1 aliphatic heterocycles. The molecule has 5 rings (SSSR count). The van der Waals surface area contributed by atoms with Gasteiger partial charge in [0.25, 0.3) is 5.89 Å². The Labute approximate surface area is 210 Å². The van der Waals surface area contributed by atoms with E-state index in [2.05, 4.69) is 34.4 Å². The predicted octanol–water partition coefficient (Wildman–Crippen LogP) is 5.92. The molecule has 1 N–H and O–H groups in total. The van der Waals surface area contributed by atoms with Crippen LogP contribution in [0.1, 0.15) is 35.5 Å². The van der Waals surface area contributed by atoms with Crippen LogP contribution in [0.15, 0.2) is 89.1 Å². The molecule has 7 heteroatoms. The second-order valence-corrected chi connectivity index (χ2v) is 8.91. The maximum absolute atomic E-state index is 5.85. The number of hydrogen-bond acceptors (Lipinski definition) is 5. The van der Waals surface area contributed by atoms with E-state index in [0.717, 1.165) is 39.3 Å². The van der Waals surface area contributed by atoms with Gasteiger partial charge in [0.1, 0.15) is 5.75 Å². The minimum Gasteiger partial charge on any atom is -0.497 e. The van der Waals surface area contributed by atoms with Crippen molar-refractivity contribution in [1.29, 1.82) is 0 Å². The van der Waals surface area contributed by atoms with Crippen LogP contribution in [0.3, 0.4) is 0 Å². The van der Waals surface area contributed by atoms with Crippen LogP contribution in [0, 0.1) is 6.92 Å². The van der Waals surface area contributed by atoms with Gasteiger partial charge in [-0.05, 0) is 55.4 Å². The topological polar surface area (TPSA) is 63.4 Å². The highest BCUT2D eigenvalue weighted by Crippen LogP contribution is 2.38. The van der Waals surface area contributed by atoms with Crippen LogP contribution in [0.5, 0.6) is 5.75 Å². The van der Waals surface area contributed by atoms with Gasteiger partial charge < -0.3 is 19.5 Å². The summed E-state index contributed by atoms with van der Waals surface area (Å²) in [5.74, 6) is 1.78. The molecule has 6 nitrogen and oxygen atoms in total. The predicted molar refractivity (Wildman–Crippen MR) is 141 cm³/mol. The highest BCUT2D eigenvalue weighted by atomic mass is 32.1. The Kier molecular flexibility index (Phi) is 6.33. The minimum absolute atomic E-state index is 0.268. The van der Waals surface area contributed by atoms with Crippen LogP contribution in [-0.4, -0.2) is 27.3 Å². The van der Waals surface area contributed by atoms with Crippen molar-refractivity contribution in [2.75, 3.05) is 7.11 Å². The van der Waals surface area contributed by atoms with Crippen molar-refractivity contribution in [2.45, 2.75) is 26.4 Å². The monoisotopic (exact) mass is 482 g/mol. The van der Waals surface area contributed by atoms with Crippen LogP contribution in [0.2, 0.25) is 0 Å². The number of hydrogen-bond donors (Lipinski definition) is 1. The third-order valence-electron chi connectivity index (χ3n) is 6.14. The van der Waals surface area contributed by atoms with Crippen LogP contribution in [-0.2, 0) is 6.54 Å². The third kappa shape index (κ3) is 4.68. The molecule has 1 atom stereocenters. The molecular weight excluding hydrogens is 456 g/mol. The average Bonchev–Trinajstić information content (AvgIpc) is 3.37. The molecule has 0 aliphatic carbocycles. The molecule has 176 valence electrons. The zero-order chi connectivity index (χ0) is 24.4. The number of benzene rings is 3. The number of nitrogens with zero attached hydrogens (tertiary/aromatic N) is 3. The van der Waals surface area contributed by atoms with E-state index in [9.17, 15) is 0 Å². The van der Waals surface area contributed by atoms with Crippen molar-refractivity contribution in [3.05, 3.63) is 107 Å². The van der Waals surface area contributed by atoms with Crippen LogP contribution in [0.4, 0.5) is 0 Å². The standard InChI is InChI=1S/C28H26N4O2S/c1-18-9-7-13-22(15-18)26-30-27(34-31-26)24-19(2)32(17-20-10-5-4-6-11-20)28(35)29-25(24)21-12-8-14-23(16-21)33-3/h4-16,25H,17H2,1-3H3,(H,29,35). The molecule has 1 aliphatic rings. The number of allylic oxidation sites excluding steroid dienone is 1. The molecule has 0 amide bonds. The largest absolute Gasteiger partial charge is 0.497 e. The number of methoxy groups -OCH3 is 1. The number of nitrogens with one attached hydrogen (secondary N) is 1. The number of aryl methyl sites for hydroxylation is 1. The fourth-order valence-corrected chi connectivity index (χ4v) is 4.64. The van der Waals surface area contributed by atoms with Crippen molar-refractivity contribution >= 4 is 22.9 Å². The van der Waals surface area contributed by atoms with Crippen LogP contribution >= 0.6 is 12.2 Å². The normalized spacial score (nSPS) is 15.8. The second-order valence-electron chi connectivity index (χ2n) is 8.52. The van der Waals surface area contributed by atoms with Gasteiger partial charge >= 0.3 is 0 Å². The Morgan fingerprint density at radius 1 is 1.00 bits per heavy atom. The minimum atomic E-state index is -0.268. The van der Waals surface area contributed by atoms with Crippen LogP contribution < -0.4 is 10.1 Å². The molecule has 0 radical (unpaired) electrons. The summed E-state index contributed by atoms with van der Waals surface area (Å²) in [5.41, 5.74) is 6.05. The highest BCUT2D eigenvalue weighted by molar-refractivity contribution is 7.80. The summed E-state index contributed by atoms with van der Waals surface area (Å²) >= 11 is 5.82. The highest BCUT2D eigenvalue weighted by Gasteiger charge is 2.34. The van der Waals surface area contributed by atoms with E-state index in [1.807, 2.05) is 73.7 Å². The first-order valence-electron chi connectivity index (χ1n) is 11.4. The van der Waals surface area contributed by atoms with Crippen molar-refractivity contribution in [3.63, 3.8) is 0 Å². The summed E-state index contributed by atoms with van der Waals surface area (Å²) in [4.78, 5) is 6.88. The first-order valence-corrected chi connectivity index (χ1v) is 11.8. The van der Waals surface area contributed by atoms with Crippen molar-refractivity contribution in [2.24, 2.45) is 0 Å². The average molecular weight is 483 g/mol. The Morgan fingerprint density at radius 2 is 1.80 bits per heavy atom. The van der Waals surface area contributed by atoms with E-state index >= 15 is 0 Å². The van der Waals surface area contributed by atoms with E-state index in [1.54, 1.807) is 7.11 Å². The third-order valence-corrected chi connectivity index (χ3v) is 6.48. The first-order chi connectivity index (χ1) is 17.0. The lowest BCUT2D eigenvalue weighted by Gasteiger charge is -2.37. The Hall–Kier alpha value is -3.97. The molecule has 1 aromatic heterocycles. The summed E-state index contributed by atoms with van der Waals surface area (Å²) in [7, 11) is 1.66. The van der Waals surface area contributed by atoms with Gasteiger partial charge in [0.05, 0.1) is 18.7 Å². The van der Waals surface area contributed by atoms with Gasteiger partial charge in [-0.25, -0.2) is 0 Å². The second kappa shape index (κ2) is 9.72. The zero-order valence-corrected chi connectivity index (χ0v) is 20.7. The molecule has 4 aromatic rings. The lowest BCUT2D eigenvalue weighted by atomic mass is 9.94. The van der Waals surface area contributed by atoms with E-state index in [0.29, 0.717) is 23.4 Å². The fourth-order valence-electron chi connectivity index (χ4n) is 4.32. The molecule has 0 fully saturated rings. The van der Waals surface area contributed by atoms with Gasteiger partial charge in [-0.1, -0.05) is 71.4 Å². The van der Waals surface area contributed by atoms with Gasteiger partial charge in [0, 0.05) is 17.8 Å². The molecular formula is C28H26N4O2S. The van der Waals surface area contributed by atoms with Gasteiger partial charge in [-0.15, -0.1) is 0 Å². The maximum atomic E-state index is 5.85. The van der Waals surface area contributed by atoms with E-state index in [1.165, 1.54) is 0 Å². The van der Waals surface area contributed by atoms with Crippen LogP contribution in [0.25, 0.3) is 17.0 Å². The number of aromatic nitrogens is 2. The molecule has 0 saturated heterocycles. The quantitative estimate of drug-likeness (QED) is 0.343. The van der Waals surface area contributed by atoms with E-state index < -0.39 is 0 Å². The Morgan fingerprint density at radius 3 is 2.57 bits per heavy atom. The van der Waals surface area contributed by atoms with Crippen molar-refractivity contribution in [3.8, 4) is 17.1 Å². The molecule has 0 saturated carbocycles. The van der Waals surface area contributed by atoms with Gasteiger partial charge in [-0.3, -0.25) is 0 Å². The smallest absolute Gasteiger partial charge is 0.258 e.